The van der Waals surface area contributed by atoms with Gasteiger partial charge in [0.25, 0.3) is 0 Å². The molecule has 0 heterocycles. The summed E-state index contributed by atoms with van der Waals surface area (Å²) in [5.74, 6) is 2.00. The van der Waals surface area contributed by atoms with Crippen molar-refractivity contribution in [1.82, 2.24) is 5.32 Å². The molecule has 1 amide bonds. The molecule has 4 heteroatoms. The van der Waals surface area contributed by atoms with Crippen LogP contribution in [0.25, 0.3) is 6.08 Å². The summed E-state index contributed by atoms with van der Waals surface area (Å²) in [6.07, 6.45) is 5.75. The maximum Gasteiger partial charge on any atom is 0.244 e. The normalized spacial score (nSPS) is 15.9. The van der Waals surface area contributed by atoms with Gasteiger partial charge in [0.2, 0.25) is 5.91 Å². The van der Waals surface area contributed by atoms with E-state index in [9.17, 15) is 4.79 Å². The monoisotopic (exact) mass is 275 g/mol. The van der Waals surface area contributed by atoms with Gasteiger partial charge in [-0.2, -0.15) is 0 Å². The van der Waals surface area contributed by atoms with Crippen molar-refractivity contribution in [2.24, 2.45) is 5.92 Å². The van der Waals surface area contributed by atoms with E-state index in [1.54, 1.807) is 32.4 Å². The topological polar surface area (TPSA) is 47.6 Å². The number of carbonyl (C=O) groups is 1. The standard InChI is InChI=1S/C16H21NO3/c1-11(13-5-6-13)17-16(18)7-4-12-8-14(19-2)10-15(9-12)20-3/h4,7-11,13H,5-6H2,1-3H3,(H,17,18)/b7-4+. The van der Waals surface area contributed by atoms with Crippen molar-refractivity contribution >= 4 is 12.0 Å². The molecule has 0 aliphatic heterocycles. The van der Waals surface area contributed by atoms with Gasteiger partial charge in [-0.15, -0.1) is 0 Å². The van der Waals surface area contributed by atoms with E-state index in [1.807, 2.05) is 12.1 Å². The summed E-state index contributed by atoms with van der Waals surface area (Å²) in [5.41, 5.74) is 0.871. The van der Waals surface area contributed by atoms with E-state index in [4.69, 9.17) is 9.47 Å². The number of methoxy groups -OCH3 is 2. The summed E-state index contributed by atoms with van der Waals surface area (Å²) in [6.45, 7) is 2.05. The summed E-state index contributed by atoms with van der Waals surface area (Å²) < 4.78 is 10.4. The fourth-order valence-electron chi connectivity index (χ4n) is 2.08. The third-order valence-electron chi connectivity index (χ3n) is 3.50. The van der Waals surface area contributed by atoms with Crippen LogP contribution < -0.4 is 14.8 Å². The molecule has 1 aliphatic rings. The van der Waals surface area contributed by atoms with E-state index >= 15 is 0 Å². The SMILES string of the molecule is COc1cc(/C=C/C(=O)NC(C)C2CC2)cc(OC)c1. The van der Waals surface area contributed by atoms with Crippen LogP contribution in [0.5, 0.6) is 11.5 Å². The van der Waals surface area contributed by atoms with Crippen LogP contribution in [0.4, 0.5) is 0 Å². The molecule has 1 atom stereocenters. The fraction of sp³-hybridized carbons (Fsp3) is 0.438. The number of ether oxygens (including phenoxy) is 2. The van der Waals surface area contributed by atoms with Crippen molar-refractivity contribution in [2.75, 3.05) is 14.2 Å². The highest BCUT2D eigenvalue weighted by molar-refractivity contribution is 5.92. The first kappa shape index (κ1) is 14.4. The van der Waals surface area contributed by atoms with Crippen LogP contribution in [-0.4, -0.2) is 26.2 Å². The quantitative estimate of drug-likeness (QED) is 0.812. The van der Waals surface area contributed by atoms with Crippen LogP contribution in [0.2, 0.25) is 0 Å². The molecule has 0 spiro atoms. The third-order valence-corrected chi connectivity index (χ3v) is 3.50. The van der Waals surface area contributed by atoms with Crippen molar-refractivity contribution in [3.05, 3.63) is 29.8 Å². The number of hydrogen-bond donors (Lipinski definition) is 1. The Hall–Kier alpha value is -1.97. The first-order valence-corrected chi connectivity index (χ1v) is 6.84. The lowest BCUT2D eigenvalue weighted by molar-refractivity contribution is -0.117. The van der Waals surface area contributed by atoms with Crippen molar-refractivity contribution < 1.29 is 14.3 Å². The van der Waals surface area contributed by atoms with Crippen molar-refractivity contribution in [3.63, 3.8) is 0 Å². The zero-order valence-electron chi connectivity index (χ0n) is 12.2. The van der Waals surface area contributed by atoms with Crippen LogP contribution in [0, 0.1) is 5.92 Å². The molecule has 20 heavy (non-hydrogen) atoms. The smallest absolute Gasteiger partial charge is 0.244 e. The Morgan fingerprint density at radius 1 is 1.25 bits per heavy atom. The van der Waals surface area contributed by atoms with E-state index in [0.717, 1.165) is 5.56 Å². The van der Waals surface area contributed by atoms with Gasteiger partial charge >= 0.3 is 0 Å². The summed E-state index contributed by atoms with van der Waals surface area (Å²) in [6, 6.07) is 5.77. The Labute approximate surface area is 119 Å². The molecule has 1 fully saturated rings. The predicted octanol–water partition coefficient (Wildman–Crippen LogP) is 2.63. The fourth-order valence-corrected chi connectivity index (χ4v) is 2.08. The third kappa shape index (κ3) is 4.02. The molecule has 0 radical (unpaired) electrons. The molecule has 2 rings (SSSR count). The second-order valence-corrected chi connectivity index (χ2v) is 5.11. The van der Waals surface area contributed by atoms with Gasteiger partial charge in [-0.05, 0) is 49.5 Å². The maximum atomic E-state index is 11.8. The Kier molecular flexibility index (Phi) is 4.66. The highest BCUT2D eigenvalue weighted by Gasteiger charge is 2.28. The largest absolute Gasteiger partial charge is 0.497 e. The van der Waals surface area contributed by atoms with Crippen molar-refractivity contribution in [1.29, 1.82) is 0 Å². The molecule has 0 saturated heterocycles. The van der Waals surface area contributed by atoms with Crippen LogP contribution >= 0.6 is 0 Å². The van der Waals surface area contributed by atoms with Gasteiger partial charge in [-0.25, -0.2) is 0 Å². The molecule has 1 saturated carbocycles. The van der Waals surface area contributed by atoms with Gasteiger partial charge in [-0.3, -0.25) is 4.79 Å². The number of rotatable bonds is 6. The van der Waals surface area contributed by atoms with E-state index in [1.165, 1.54) is 12.8 Å². The average molecular weight is 275 g/mol. The Morgan fingerprint density at radius 2 is 1.85 bits per heavy atom. The highest BCUT2D eigenvalue weighted by atomic mass is 16.5. The molecular weight excluding hydrogens is 254 g/mol. The first-order chi connectivity index (χ1) is 9.62. The van der Waals surface area contributed by atoms with E-state index in [2.05, 4.69) is 12.2 Å². The minimum Gasteiger partial charge on any atom is -0.497 e. The predicted molar refractivity (Wildman–Crippen MR) is 78.9 cm³/mol. The Bertz CT molecular complexity index is 484. The van der Waals surface area contributed by atoms with Crippen LogP contribution in [0.1, 0.15) is 25.3 Å². The summed E-state index contributed by atoms with van der Waals surface area (Å²) in [5, 5.41) is 2.98. The summed E-state index contributed by atoms with van der Waals surface area (Å²) in [7, 11) is 3.21. The first-order valence-electron chi connectivity index (χ1n) is 6.84. The van der Waals surface area contributed by atoms with E-state index in [-0.39, 0.29) is 11.9 Å². The number of benzene rings is 1. The van der Waals surface area contributed by atoms with Crippen LogP contribution in [0.3, 0.4) is 0 Å². The number of hydrogen-bond acceptors (Lipinski definition) is 3. The molecule has 0 aromatic heterocycles. The Morgan fingerprint density at radius 3 is 2.35 bits per heavy atom. The molecule has 0 bridgehead atoms. The molecule has 1 N–H and O–H groups in total. The number of amides is 1. The molecule has 1 aromatic carbocycles. The second-order valence-electron chi connectivity index (χ2n) is 5.11. The summed E-state index contributed by atoms with van der Waals surface area (Å²) >= 11 is 0. The zero-order chi connectivity index (χ0) is 14.5. The van der Waals surface area contributed by atoms with E-state index in [0.29, 0.717) is 17.4 Å². The summed E-state index contributed by atoms with van der Waals surface area (Å²) in [4.78, 5) is 11.8. The maximum absolute atomic E-state index is 11.8. The van der Waals surface area contributed by atoms with Gasteiger partial charge in [-0.1, -0.05) is 0 Å². The number of nitrogens with one attached hydrogen (secondary N) is 1. The molecule has 1 unspecified atom stereocenters. The van der Waals surface area contributed by atoms with Gasteiger partial charge in [0.15, 0.2) is 0 Å². The second kappa shape index (κ2) is 6.46. The number of carbonyl (C=O) groups excluding carboxylic acids is 1. The van der Waals surface area contributed by atoms with Gasteiger partial charge in [0.05, 0.1) is 14.2 Å². The van der Waals surface area contributed by atoms with Crippen molar-refractivity contribution in [3.8, 4) is 11.5 Å². The highest BCUT2D eigenvalue weighted by Crippen LogP contribution is 2.32. The average Bonchev–Trinajstić information content (AvgIpc) is 3.29. The van der Waals surface area contributed by atoms with E-state index < -0.39 is 0 Å². The lowest BCUT2D eigenvalue weighted by Gasteiger charge is -2.10. The molecular formula is C16H21NO3. The minimum atomic E-state index is -0.0637. The Balaban J connectivity index is 2.00. The zero-order valence-corrected chi connectivity index (χ0v) is 12.2. The lowest BCUT2D eigenvalue weighted by Crippen LogP contribution is -2.32. The molecule has 1 aromatic rings. The van der Waals surface area contributed by atoms with Crippen LogP contribution in [-0.2, 0) is 4.79 Å². The van der Waals surface area contributed by atoms with Gasteiger partial charge in [0, 0.05) is 18.2 Å². The molecule has 108 valence electrons. The minimum absolute atomic E-state index is 0.0637. The van der Waals surface area contributed by atoms with Gasteiger partial charge < -0.3 is 14.8 Å². The van der Waals surface area contributed by atoms with Crippen LogP contribution in [0.15, 0.2) is 24.3 Å². The molecule has 1 aliphatic carbocycles. The lowest BCUT2D eigenvalue weighted by atomic mass is 10.1. The van der Waals surface area contributed by atoms with Gasteiger partial charge in [0.1, 0.15) is 11.5 Å². The molecule has 4 nitrogen and oxygen atoms in total. The van der Waals surface area contributed by atoms with Crippen molar-refractivity contribution in [2.45, 2.75) is 25.8 Å².